The van der Waals surface area contributed by atoms with Gasteiger partial charge in [-0.3, -0.25) is 9.69 Å². The second-order valence-electron chi connectivity index (χ2n) is 6.54. The lowest BCUT2D eigenvalue weighted by molar-refractivity contribution is -0.129. The molecule has 1 atom stereocenters. The Morgan fingerprint density at radius 2 is 1.76 bits per heavy atom. The molecule has 2 aromatic rings. The summed E-state index contributed by atoms with van der Waals surface area (Å²) in [4.78, 5) is 16.9. The van der Waals surface area contributed by atoms with Crippen LogP contribution in [-0.2, 0) is 4.79 Å². The van der Waals surface area contributed by atoms with Crippen LogP contribution >= 0.6 is 0 Å². The number of carbonyl (C=O) groups is 1. The molecule has 3 nitrogen and oxygen atoms in total. The molecule has 3 rings (SSSR count). The van der Waals surface area contributed by atoms with E-state index in [1.54, 1.807) is 12.1 Å². The summed E-state index contributed by atoms with van der Waals surface area (Å²) in [6.07, 6.45) is 1.92. The van der Waals surface area contributed by atoms with Gasteiger partial charge in [0.15, 0.2) is 0 Å². The predicted molar refractivity (Wildman–Crippen MR) is 98.4 cm³/mol. The maximum Gasteiger partial charge on any atom is 0.249 e. The Morgan fingerprint density at radius 3 is 2.44 bits per heavy atom. The van der Waals surface area contributed by atoms with Gasteiger partial charge in [0, 0.05) is 25.2 Å². The minimum Gasteiger partial charge on any atom is -0.336 e. The number of hydrogen-bond acceptors (Lipinski definition) is 2. The molecule has 130 valence electrons. The van der Waals surface area contributed by atoms with Crippen LogP contribution in [0, 0.1) is 5.82 Å². The van der Waals surface area contributed by atoms with Crippen LogP contribution in [0.4, 0.5) is 4.39 Å². The van der Waals surface area contributed by atoms with Crippen molar-refractivity contribution in [3.63, 3.8) is 0 Å². The number of halogens is 1. The summed E-state index contributed by atoms with van der Waals surface area (Å²) >= 11 is 0. The van der Waals surface area contributed by atoms with E-state index in [1.165, 1.54) is 12.1 Å². The average molecular weight is 338 g/mol. The smallest absolute Gasteiger partial charge is 0.249 e. The molecule has 0 aromatic heterocycles. The molecule has 1 aliphatic heterocycles. The van der Waals surface area contributed by atoms with E-state index in [-0.39, 0.29) is 17.8 Å². The van der Waals surface area contributed by atoms with Crippen LogP contribution in [0.25, 0.3) is 6.08 Å². The molecule has 0 saturated carbocycles. The molecule has 0 N–H and O–H groups in total. The average Bonchev–Trinajstić information content (AvgIpc) is 2.63. The lowest BCUT2D eigenvalue weighted by Gasteiger charge is -2.40. The summed E-state index contributed by atoms with van der Waals surface area (Å²) in [5, 5.41) is 0. The Kier molecular flexibility index (Phi) is 5.29. The maximum absolute atomic E-state index is 13.2. The monoisotopic (exact) mass is 338 g/mol. The van der Waals surface area contributed by atoms with Crippen molar-refractivity contribution in [2.45, 2.75) is 13.0 Å². The van der Waals surface area contributed by atoms with Crippen molar-refractivity contribution < 1.29 is 9.18 Å². The van der Waals surface area contributed by atoms with Gasteiger partial charge in [-0.15, -0.1) is 0 Å². The molecule has 25 heavy (non-hydrogen) atoms. The van der Waals surface area contributed by atoms with Crippen LogP contribution in [0.15, 0.2) is 60.2 Å². The van der Waals surface area contributed by atoms with E-state index in [0.717, 1.165) is 23.2 Å². The van der Waals surface area contributed by atoms with Crippen molar-refractivity contribution in [3.05, 3.63) is 77.1 Å². The molecule has 0 radical (unpaired) electrons. The Balaban J connectivity index is 1.75. The lowest BCUT2D eigenvalue weighted by atomic mass is 10.0. The van der Waals surface area contributed by atoms with E-state index >= 15 is 0 Å². The molecule has 0 spiro atoms. The van der Waals surface area contributed by atoms with Gasteiger partial charge in [0.25, 0.3) is 0 Å². The first-order chi connectivity index (χ1) is 12.0. The zero-order chi connectivity index (χ0) is 17.8. The van der Waals surface area contributed by atoms with Gasteiger partial charge < -0.3 is 4.90 Å². The largest absolute Gasteiger partial charge is 0.336 e. The quantitative estimate of drug-likeness (QED) is 0.796. The van der Waals surface area contributed by atoms with Crippen molar-refractivity contribution in [1.29, 1.82) is 0 Å². The van der Waals surface area contributed by atoms with Crippen LogP contribution in [0.1, 0.15) is 24.1 Å². The summed E-state index contributed by atoms with van der Waals surface area (Å²) in [7, 11) is 2.04. The zero-order valence-electron chi connectivity index (χ0n) is 14.7. The van der Waals surface area contributed by atoms with Crippen molar-refractivity contribution in [2.75, 3.05) is 26.7 Å². The van der Waals surface area contributed by atoms with Crippen LogP contribution in [-0.4, -0.2) is 42.4 Å². The number of rotatable bonds is 3. The fourth-order valence-electron chi connectivity index (χ4n) is 3.21. The molecule has 2 aromatic carbocycles. The number of carbonyl (C=O) groups excluding carboxylic acids is 1. The van der Waals surface area contributed by atoms with Crippen LogP contribution < -0.4 is 0 Å². The van der Waals surface area contributed by atoms with Crippen LogP contribution in [0.3, 0.4) is 0 Å². The van der Waals surface area contributed by atoms with Crippen molar-refractivity contribution in [2.24, 2.45) is 0 Å². The Labute approximate surface area is 148 Å². The maximum atomic E-state index is 13.2. The van der Waals surface area contributed by atoms with Crippen LogP contribution in [0.5, 0.6) is 0 Å². The van der Waals surface area contributed by atoms with E-state index in [9.17, 15) is 9.18 Å². The van der Waals surface area contributed by atoms with Crippen LogP contribution in [0.2, 0.25) is 0 Å². The van der Waals surface area contributed by atoms with Gasteiger partial charge in [0.1, 0.15) is 5.82 Å². The van der Waals surface area contributed by atoms with Crippen molar-refractivity contribution in [1.82, 2.24) is 9.80 Å². The van der Waals surface area contributed by atoms with Crippen molar-refractivity contribution in [3.8, 4) is 0 Å². The summed E-state index contributed by atoms with van der Waals surface area (Å²) in [6.45, 7) is 3.97. The Morgan fingerprint density at radius 1 is 1.08 bits per heavy atom. The Bertz CT molecular complexity index is 755. The normalized spacial score (nSPS) is 19.1. The Hall–Kier alpha value is -2.46. The highest BCUT2D eigenvalue weighted by atomic mass is 19.1. The van der Waals surface area contributed by atoms with E-state index in [1.807, 2.05) is 55.3 Å². The summed E-state index contributed by atoms with van der Waals surface area (Å²) < 4.78 is 13.2. The molecule has 1 amide bonds. The molecular formula is C21H23FN2O. The number of likely N-dealkylation sites (N-methyl/N-ethyl adjacent to an activating group) is 1. The number of benzene rings is 2. The molecule has 1 fully saturated rings. The molecule has 1 unspecified atom stereocenters. The molecule has 0 bridgehead atoms. The SMILES string of the molecule is C/C(=C\c1ccccc1)C(=O)N1CCN(C)C(c2ccc(F)cc2)C1. The van der Waals surface area contributed by atoms with E-state index in [2.05, 4.69) is 4.90 Å². The second-order valence-corrected chi connectivity index (χ2v) is 6.54. The lowest BCUT2D eigenvalue weighted by Crippen LogP contribution is -2.49. The summed E-state index contributed by atoms with van der Waals surface area (Å²) in [6, 6.07) is 16.5. The van der Waals surface area contributed by atoms with Gasteiger partial charge in [-0.05, 0) is 43.3 Å². The third kappa shape index (κ3) is 4.15. The molecule has 1 heterocycles. The number of amides is 1. The molecule has 1 saturated heterocycles. The predicted octanol–water partition coefficient (Wildman–Crippen LogP) is 3.74. The molecular weight excluding hydrogens is 315 g/mol. The first kappa shape index (κ1) is 17.4. The summed E-state index contributed by atoms with van der Waals surface area (Å²) in [5.74, 6) is -0.180. The fraction of sp³-hybridized carbons (Fsp3) is 0.286. The van der Waals surface area contributed by atoms with E-state index in [4.69, 9.17) is 0 Å². The third-order valence-corrected chi connectivity index (χ3v) is 4.71. The first-order valence-corrected chi connectivity index (χ1v) is 8.53. The van der Waals surface area contributed by atoms with Gasteiger partial charge >= 0.3 is 0 Å². The second kappa shape index (κ2) is 7.62. The highest BCUT2D eigenvalue weighted by Gasteiger charge is 2.28. The van der Waals surface area contributed by atoms with Gasteiger partial charge in [0.2, 0.25) is 5.91 Å². The molecule has 0 aliphatic carbocycles. The number of piperazine rings is 1. The van der Waals surface area contributed by atoms with E-state index in [0.29, 0.717) is 13.1 Å². The minimum atomic E-state index is -0.239. The highest BCUT2D eigenvalue weighted by molar-refractivity contribution is 5.97. The number of hydrogen-bond donors (Lipinski definition) is 0. The molecule has 1 aliphatic rings. The van der Waals surface area contributed by atoms with Gasteiger partial charge in [-0.1, -0.05) is 42.5 Å². The highest BCUT2D eigenvalue weighted by Crippen LogP contribution is 2.25. The van der Waals surface area contributed by atoms with Gasteiger partial charge in [-0.25, -0.2) is 4.39 Å². The minimum absolute atomic E-state index is 0.0593. The van der Waals surface area contributed by atoms with E-state index < -0.39 is 0 Å². The van der Waals surface area contributed by atoms with Gasteiger partial charge in [-0.2, -0.15) is 0 Å². The fourth-order valence-corrected chi connectivity index (χ4v) is 3.21. The topological polar surface area (TPSA) is 23.6 Å². The standard InChI is InChI=1S/C21H23FN2O/c1-16(14-17-6-4-3-5-7-17)21(25)24-13-12-23(2)20(15-24)18-8-10-19(22)11-9-18/h3-11,14,20H,12-13,15H2,1-2H3/b16-14+. The van der Waals surface area contributed by atoms with Gasteiger partial charge in [0.05, 0.1) is 6.04 Å². The first-order valence-electron chi connectivity index (χ1n) is 8.53. The summed E-state index contributed by atoms with van der Waals surface area (Å²) in [5.41, 5.74) is 2.79. The number of nitrogens with zero attached hydrogens (tertiary/aromatic N) is 2. The molecule has 4 heteroatoms. The third-order valence-electron chi connectivity index (χ3n) is 4.71. The zero-order valence-corrected chi connectivity index (χ0v) is 14.7. The van der Waals surface area contributed by atoms with Crippen molar-refractivity contribution >= 4 is 12.0 Å².